The molecule has 86 valence electrons. The third kappa shape index (κ3) is 2.36. The Labute approximate surface area is 95.1 Å². The molecule has 4 nitrogen and oxygen atoms in total. The second-order valence-corrected chi connectivity index (χ2v) is 5.93. The first-order chi connectivity index (χ1) is 7.46. The third-order valence-electron chi connectivity index (χ3n) is 2.48. The van der Waals surface area contributed by atoms with E-state index >= 15 is 0 Å². The van der Waals surface area contributed by atoms with Gasteiger partial charge in [-0.15, -0.1) is 0 Å². The highest BCUT2D eigenvalue weighted by atomic mass is 32.2. The highest BCUT2D eigenvalue weighted by Gasteiger charge is 2.21. The largest absolute Gasteiger partial charge is 0.397 e. The van der Waals surface area contributed by atoms with Crippen LogP contribution in [0.4, 0.5) is 11.4 Å². The van der Waals surface area contributed by atoms with E-state index in [4.69, 9.17) is 5.73 Å². The van der Waals surface area contributed by atoms with Crippen LogP contribution >= 0.6 is 0 Å². The minimum absolute atomic E-state index is 0.0975. The molecule has 0 radical (unpaired) electrons. The van der Waals surface area contributed by atoms with Crippen LogP contribution in [0.5, 0.6) is 0 Å². The Balaban J connectivity index is 2.14. The summed E-state index contributed by atoms with van der Waals surface area (Å²) in [7, 11) is -3.02. The predicted molar refractivity (Wildman–Crippen MR) is 65.9 cm³/mol. The maximum Gasteiger partial charge on any atom is 0.173 e. The van der Waals surface area contributed by atoms with Gasteiger partial charge < -0.3 is 11.1 Å². The van der Waals surface area contributed by atoms with Gasteiger partial charge in [-0.3, -0.25) is 0 Å². The number of rotatable bonds is 2. The van der Waals surface area contributed by atoms with Crippen LogP contribution in [0.25, 0.3) is 0 Å². The highest BCUT2D eigenvalue weighted by Crippen LogP contribution is 2.22. The number of hydrogen-bond donors (Lipinski definition) is 2. The quantitative estimate of drug-likeness (QED) is 0.762. The third-order valence-corrected chi connectivity index (χ3v) is 3.87. The molecule has 1 atom stereocenters. The number of anilines is 2. The lowest BCUT2D eigenvalue weighted by Crippen LogP contribution is -2.21. The zero-order chi connectivity index (χ0) is 11.8. The molecule has 0 spiro atoms. The molecule has 2 rings (SSSR count). The second kappa shape index (κ2) is 3.83. The summed E-state index contributed by atoms with van der Waals surface area (Å²) in [6.07, 6.45) is 1.65. The van der Waals surface area contributed by atoms with Crippen LogP contribution in [0.15, 0.2) is 29.7 Å². The van der Waals surface area contributed by atoms with Crippen molar-refractivity contribution in [3.63, 3.8) is 0 Å². The minimum atomic E-state index is -3.02. The molecule has 1 aromatic rings. The summed E-state index contributed by atoms with van der Waals surface area (Å²) in [6.45, 7) is 1.96. The molecular weight excluding hydrogens is 224 g/mol. The Bertz CT molecular complexity index is 535. The number of hydrogen-bond acceptors (Lipinski definition) is 4. The first kappa shape index (κ1) is 11.0. The first-order valence-electron chi connectivity index (χ1n) is 5.00. The maximum atomic E-state index is 11.2. The Morgan fingerprint density at radius 1 is 1.44 bits per heavy atom. The van der Waals surface area contributed by atoms with Crippen LogP contribution in [-0.2, 0) is 9.84 Å². The van der Waals surface area contributed by atoms with Crippen LogP contribution in [0, 0.1) is 6.92 Å². The molecule has 16 heavy (non-hydrogen) atoms. The van der Waals surface area contributed by atoms with Crippen molar-refractivity contribution in [1.82, 2.24) is 0 Å². The molecule has 0 bridgehead atoms. The number of nitrogen functional groups attached to an aromatic ring is 1. The lowest BCUT2D eigenvalue weighted by molar-refractivity contribution is 0.605. The number of aryl methyl sites for hydroxylation is 1. The van der Waals surface area contributed by atoms with Gasteiger partial charge in [0.15, 0.2) is 9.84 Å². The summed E-state index contributed by atoms with van der Waals surface area (Å²) >= 11 is 0. The number of sulfone groups is 1. The zero-order valence-corrected chi connectivity index (χ0v) is 9.79. The van der Waals surface area contributed by atoms with Crippen molar-refractivity contribution in [1.29, 1.82) is 0 Å². The molecule has 0 amide bonds. The van der Waals surface area contributed by atoms with Crippen LogP contribution in [0.2, 0.25) is 0 Å². The van der Waals surface area contributed by atoms with Gasteiger partial charge in [0, 0.05) is 5.41 Å². The van der Waals surface area contributed by atoms with Gasteiger partial charge in [0.1, 0.15) is 0 Å². The first-order valence-corrected chi connectivity index (χ1v) is 6.71. The summed E-state index contributed by atoms with van der Waals surface area (Å²) in [5.41, 5.74) is 8.32. The zero-order valence-electron chi connectivity index (χ0n) is 8.97. The van der Waals surface area contributed by atoms with E-state index in [9.17, 15) is 8.42 Å². The van der Waals surface area contributed by atoms with Gasteiger partial charge >= 0.3 is 0 Å². The molecule has 5 heteroatoms. The van der Waals surface area contributed by atoms with E-state index in [1.807, 2.05) is 25.1 Å². The van der Waals surface area contributed by atoms with Gasteiger partial charge in [0.25, 0.3) is 0 Å². The number of nitrogens with two attached hydrogens (primary N) is 1. The molecule has 0 aliphatic carbocycles. The minimum Gasteiger partial charge on any atom is -0.397 e. The van der Waals surface area contributed by atoms with Crippen molar-refractivity contribution in [3.05, 3.63) is 35.2 Å². The SMILES string of the molecule is Cc1ccc(NC2C=CS(=O)(=O)C2)c(N)c1. The van der Waals surface area contributed by atoms with Crippen molar-refractivity contribution >= 4 is 21.2 Å². The molecule has 0 saturated carbocycles. The molecule has 0 aromatic heterocycles. The van der Waals surface area contributed by atoms with E-state index < -0.39 is 9.84 Å². The molecule has 0 fully saturated rings. The topological polar surface area (TPSA) is 72.2 Å². The lowest BCUT2D eigenvalue weighted by Gasteiger charge is -2.13. The Morgan fingerprint density at radius 3 is 2.75 bits per heavy atom. The standard InChI is InChI=1S/C11H14N2O2S/c1-8-2-3-11(10(12)6-8)13-9-4-5-16(14,15)7-9/h2-6,9,13H,7,12H2,1H3. The van der Waals surface area contributed by atoms with E-state index in [2.05, 4.69) is 5.32 Å². The van der Waals surface area contributed by atoms with Gasteiger partial charge in [-0.05, 0) is 24.6 Å². The van der Waals surface area contributed by atoms with Gasteiger partial charge in [-0.25, -0.2) is 8.42 Å². The summed E-state index contributed by atoms with van der Waals surface area (Å²) in [6, 6.07) is 5.47. The molecular formula is C11H14N2O2S. The monoisotopic (exact) mass is 238 g/mol. The molecule has 1 aliphatic heterocycles. The Kier molecular flexibility index (Phi) is 2.63. The fourth-order valence-corrected chi connectivity index (χ4v) is 2.91. The smallest absolute Gasteiger partial charge is 0.173 e. The average molecular weight is 238 g/mol. The Morgan fingerprint density at radius 2 is 2.19 bits per heavy atom. The molecule has 1 aromatic carbocycles. The van der Waals surface area contributed by atoms with Crippen molar-refractivity contribution in [2.45, 2.75) is 13.0 Å². The van der Waals surface area contributed by atoms with Crippen LogP contribution in [0.3, 0.4) is 0 Å². The number of nitrogens with one attached hydrogen (secondary N) is 1. The number of benzene rings is 1. The van der Waals surface area contributed by atoms with E-state index in [0.29, 0.717) is 5.69 Å². The fraction of sp³-hybridized carbons (Fsp3) is 0.273. The molecule has 1 unspecified atom stereocenters. The van der Waals surface area contributed by atoms with Gasteiger partial charge in [0.2, 0.25) is 0 Å². The predicted octanol–water partition coefficient (Wildman–Crippen LogP) is 1.30. The lowest BCUT2D eigenvalue weighted by atomic mass is 10.2. The molecule has 1 aliphatic rings. The van der Waals surface area contributed by atoms with Crippen molar-refractivity contribution in [2.75, 3.05) is 16.8 Å². The van der Waals surface area contributed by atoms with E-state index in [1.165, 1.54) is 5.41 Å². The second-order valence-electron chi connectivity index (χ2n) is 4.00. The summed E-state index contributed by atoms with van der Waals surface area (Å²) in [5, 5.41) is 4.35. The summed E-state index contributed by atoms with van der Waals surface area (Å²) < 4.78 is 22.4. The maximum absolute atomic E-state index is 11.2. The van der Waals surface area contributed by atoms with Crippen LogP contribution in [0.1, 0.15) is 5.56 Å². The molecule has 3 N–H and O–H groups in total. The molecule has 0 saturated heterocycles. The van der Waals surface area contributed by atoms with E-state index in [-0.39, 0.29) is 11.8 Å². The van der Waals surface area contributed by atoms with Crippen molar-refractivity contribution < 1.29 is 8.42 Å². The van der Waals surface area contributed by atoms with E-state index in [1.54, 1.807) is 6.08 Å². The fourth-order valence-electron chi connectivity index (χ4n) is 1.68. The Hall–Kier alpha value is -1.49. The van der Waals surface area contributed by atoms with Crippen molar-refractivity contribution in [3.8, 4) is 0 Å². The molecule has 1 heterocycles. The highest BCUT2D eigenvalue weighted by molar-refractivity contribution is 7.94. The summed E-state index contributed by atoms with van der Waals surface area (Å²) in [4.78, 5) is 0. The van der Waals surface area contributed by atoms with Crippen LogP contribution in [-0.4, -0.2) is 20.2 Å². The van der Waals surface area contributed by atoms with Gasteiger partial charge in [-0.2, -0.15) is 0 Å². The average Bonchev–Trinajstić information content (AvgIpc) is 2.51. The van der Waals surface area contributed by atoms with Crippen LogP contribution < -0.4 is 11.1 Å². The normalized spacial score (nSPS) is 22.2. The summed E-state index contributed by atoms with van der Waals surface area (Å²) in [5.74, 6) is 0.0975. The van der Waals surface area contributed by atoms with Crippen molar-refractivity contribution in [2.24, 2.45) is 0 Å². The van der Waals surface area contributed by atoms with Gasteiger partial charge in [0.05, 0.1) is 23.2 Å². The van der Waals surface area contributed by atoms with E-state index in [0.717, 1.165) is 11.3 Å². The van der Waals surface area contributed by atoms with Gasteiger partial charge in [-0.1, -0.05) is 12.1 Å².